The highest BCUT2D eigenvalue weighted by Gasteiger charge is 2.39. The van der Waals surface area contributed by atoms with E-state index in [1.807, 2.05) is 41.3 Å². The van der Waals surface area contributed by atoms with Gasteiger partial charge in [-0.1, -0.05) is 32.9 Å². The summed E-state index contributed by atoms with van der Waals surface area (Å²) in [4.78, 5) is 48.1. The molecule has 4 rings (SSSR count). The summed E-state index contributed by atoms with van der Waals surface area (Å²) in [5.41, 5.74) is 2.36. The molecular formula is C27H29F6N5O7. The van der Waals surface area contributed by atoms with Gasteiger partial charge >= 0.3 is 30.3 Å². The van der Waals surface area contributed by atoms with Crippen LogP contribution in [0.4, 0.5) is 38.0 Å². The highest BCUT2D eigenvalue weighted by atomic mass is 19.4. The predicted molar refractivity (Wildman–Crippen MR) is 146 cm³/mol. The molecule has 2 aromatic heterocycles. The Hall–Kier alpha value is -4.90. The van der Waals surface area contributed by atoms with E-state index in [2.05, 4.69) is 36.2 Å². The third kappa shape index (κ3) is 11.0. The van der Waals surface area contributed by atoms with Crippen molar-refractivity contribution in [2.24, 2.45) is 5.92 Å². The molecule has 246 valence electrons. The highest BCUT2D eigenvalue weighted by molar-refractivity contribution is 6.03. The summed E-state index contributed by atoms with van der Waals surface area (Å²) in [6.07, 6.45) is -7.00. The van der Waals surface area contributed by atoms with E-state index in [0.717, 1.165) is 18.5 Å². The van der Waals surface area contributed by atoms with Gasteiger partial charge in [0, 0.05) is 18.7 Å². The first-order chi connectivity index (χ1) is 20.6. The molecule has 0 saturated carbocycles. The van der Waals surface area contributed by atoms with Crippen LogP contribution in [0.3, 0.4) is 0 Å². The van der Waals surface area contributed by atoms with Crippen LogP contribution >= 0.6 is 0 Å². The van der Waals surface area contributed by atoms with E-state index >= 15 is 0 Å². The molecule has 1 aliphatic rings. The van der Waals surface area contributed by atoms with Crippen LogP contribution in [0.5, 0.6) is 0 Å². The number of carbonyl (C=O) groups excluding carboxylic acids is 1. The molecular weight excluding hydrogens is 620 g/mol. The highest BCUT2D eigenvalue weighted by Crippen LogP contribution is 2.24. The third-order valence-corrected chi connectivity index (χ3v) is 6.14. The lowest BCUT2D eigenvalue weighted by Crippen LogP contribution is -2.39. The molecule has 1 aromatic carbocycles. The second-order valence-electron chi connectivity index (χ2n) is 10.6. The van der Waals surface area contributed by atoms with Gasteiger partial charge in [-0.25, -0.2) is 19.1 Å². The summed E-state index contributed by atoms with van der Waals surface area (Å²) in [6, 6.07) is 11.2. The van der Waals surface area contributed by atoms with Gasteiger partial charge in [0.25, 0.3) is 5.91 Å². The summed E-state index contributed by atoms with van der Waals surface area (Å²) < 4.78 is 65.1. The van der Waals surface area contributed by atoms with Gasteiger partial charge in [-0.2, -0.15) is 26.3 Å². The molecule has 1 amide bonds. The summed E-state index contributed by atoms with van der Waals surface area (Å²) in [6.45, 7) is 7.60. The Morgan fingerprint density at radius 1 is 0.867 bits per heavy atom. The van der Waals surface area contributed by atoms with E-state index in [-0.39, 0.29) is 17.2 Å². The fourth-order valence-electron chi connectivity index (χ4n) is 3.80. The number of benzene rings is 1. The summed E-state index contributed by atoms with van der Waals surface area (Å²) in [5.74, 6) is -5.78. The Morgan fingerprint density at radius 3 is 1.87 bits per heavy atom. The van der Waals surface area contributed by atoms with Gasteiger partial charge in [-0.3, -0.25) is 9.59 Å². The van der Waals surface area contributed by atoms with Crippen molar-refractivity contribution in [1.82, 2.24) is 14.6 Å². The Labute approximate surface area is 251 Å². The maximum Gasteiger partial charge on any atom is 0.490 e. The predicted octanol–water partition coefficient (Wildman–Crippen LogP) is 4.85. The van der Waals surface area contributed by atoms with Crippen molar-refractivity contribution in [1.29, 1.82) is 0 Å². The van der Waals surface area contributed by atoms with Crippen LogP contribution in [0.25, 0.3) is 5.65 Å². The van der Waals surface area contributed by atoms with Crippen molar-refractivity contribution < 1.29 is 60.8 Å². The molecule has 3 aromatic rings. The lowest BCUT2D eigenvalue weighted by molar-refractivity contribution is -0.193. The number of imidazole rings is 1. The van der Waals surface area contributed by atoms with E-state index in [1.54, 1.807) is 10.7 Å². The number of fused-ring (bicyclic) bond motifs is 1. The van der Waals surface area contributed by atoms with Gasteiger partial charge < -0.3 is 25.5 Å². The van der Waals surface area contributed by atoms with Crippen LogP contribution in [0.2, 0.25) is 0 Å². The number of carbonyl (C=O) groups is 4. The number of hydrogen-bond acceptors (Lipinski definition) is 7. The standard InChI is InChI=1S/C23H27N5O3.2C2HF3O2/c1-23(2,3)17-8-6-15(7-9-17)21(29)25-18-14-28-19(24-18)10-11-20(26-28)27-12-4-5-16(13-27)22(30)31;2*3-2(4,5)1(6)7/h6-11,14,16H,4-5,12-13H2,1-3H3,(H,25,29)(H,30,31);2*(H,6,7). The monoisotopic (exact) mass is 649 g/mol. The average molecular weight is 650 g/mol. The molecule has 0 spiro atoms. The molecule has 12 nitrogen and oxygen atoms in total. The van der Waals surface area contributed by atoms with Crippen molar-refractivity contribution in [2.45, 2.75) is 51.4 Å². The van der Waals surface area contributed by atoms with Gasteiger partial charge in [0.1, 0.15) is 5.82 Å². The number of carboxylic acids is 3. The number of hydrogen-bond donors (Lipinski definition) is 4. The average Bonchev–Trinajstić information content (AvgIpc) is 3.34. The van der Waals surface area contributed by atoms with E-state index in [4.69, 9.17) is 19.8 Å². The number of aromatic nitrogens is 3. The number of halogens is 6. The molecule has 18 heteroatoms. The van der Waals surface area contributed by atoms with Crippen molar-refractivity contribution in [3.05, 3.63) is 53.7 Å². The minimum Gasteiger partial charge on any atom is -0.481 e. The van der Waals surface area contributed by atoms with E-state index in [0.29, 0.717) is 35.8 Å². The largest absolute Gasteiger partial charge is 0.490 e. The molecule has 0 radical (unpaired) electrons. The zero-order valence-electron chi connectivity index (χ0n) is 24.0. The van der Waals surface area contributed by atoms with Crippen LogP contribution in [-0.2, 0) is 19.8 Å². The number of aliphatic carboxylic acids is 3. The second kappa shape index (κ2) is 14.3. The Balaban J connectivity index is 0.000000421. The van der Waals surface area contributed by atoms with Crippen LogP contribution in [0, 0.1) is 5.92 Å². The minimum absolute atomic E-state index is 0.0266. The maximum atomic E-state index is 12.6. The molecule has 1 fully saturated rings. The van der Waals surface area contributed by atoms with Crippen molar-refractivity contribution >= 4 is 41.1 Å². The topological polar surface area (TPSA) is 174 Å². The number of alkyl halides is 6. The van der Waals surface area contributed by atoms with Crippen LogP contribution < -0.4 is 10.2 Å². The fraction of sp³-hybridized carbons (Fsp3) is 0.407. The zero-order valence-corrected chi connectivity index (χ0v) is 24.0. The van der Waals surface area contributed by atoms with Crippen LogP contribution in [0.15, 0.2) is 42.6 Å². The number of amides is 1. The number of nitrogens with zero attached hydrogens (tertiary/aromatic N) is 4. The van der Waals surface area contributed by atoms with Gasteiger partial charge in [0.2, 0.25) is 0 Å². The SMILES string of the molecule is CC(C)(C)c1ccc(C(=O)Nc2cn3nc(N4CCCC(C(=O)O)C4)ccc3n2)cc1.O=C(O)C(F)(F)F.O=C(O)C(F)(F)F. The first kappa shape index (κ1) is 36.3. The third-order valence-electron chi connectivity index (χ3n) is 6.14. The van der Waals surface area contributed by atoms with Gasteiger partial charge in [0.05, 0.1) is 12.1 Å². The van der Waals surface area contributed by atoms with Crippen LogP contribution in [0.1, 0.15) is 49.5 Å². The summed E-state index contributed by atoms with van der Waals surface area (Å²) in [5, 5.41) is 31.0. The Kier molecular flexibility index (Phi) is 11.5. The fourth-order valence-corrected chi connectivity index (χ4v) is 3.80. The number of rotatable bonds is 4. The molecule has 45 heavy (non-hydrogen) atoms. The Bertz CT molecular complexity index is 1490. The number of carboxylic acid groups (broad SMARTS) is 3. The summed E-state index contributed by atoms with van der Waals surface area (Å²) in [7, 11) is 0. The summed E-state index contributed by atoms with van der Waals surface area (Å²) >= 11 is 0. The molecule has 0 bridgehead atoms. The van der Waals surface area contributed by atoms with Gasteiger partial charge in [-0.05, 0) is 48.1 Å². The van der Waals surface area contributed by atoms with Crippen LogP contribution in [-0.4, -0.2) is 79.2 Å². The first-order valence-corrected chi connectivity index (χ1v) is 13.0. The maximum absolute atomic E-state index is 12.6. The van der Waals surface area contributed by atoms with E-state index in [1.165, 1.54) is 0 Å². The number of anilines is 2. The van der Waals surface area contributed by atoms with Gasteiger partial charge in [0.15, 0.2) is 11.5 Å². The lowest BCUT2D eigenvalue weighted by atomic mass is 9.87. The van der Waals surface area contributed by atoms with E-state index < -0.39 is 30.3 Å². The minimum atomic E-state index is -5.08. The zero-order chi connectivity index (χ0) is 34.3. The molecule has 3 heterocycles. The molecule has 4 N–H and O–H groups in total. The van der Waals surface area contributed by atoms with Crippen molar-refractivity contribution in [2.75, 3.05) is 23.3 Å². The van der Waals surface area contributed by atoms with Crippen molar-refractivity contribution in [3.63, 3.8) is 0 Å². The normalized spacial score (nSPS) is 15.2. The smallest absolute Gasteiger partial charge is 0.481 e. The molecule has 1 saturated heterocycles. The van der Waals surface area contributed by atoms with E-state index in [9.17, 15) is 41.0 Å². The second-order valence-corrected chi connectivity index (χ2v) is 10.6. The number of nitrogens with one attached hydrogen (secondary N) is 1. The molecule has 1 aliphatic heterocycles. The quantitative estimate of drug-likeness (QED) is 0.286. The lowest BCUT2D eigenvalue weighted by Gasteiger charge is -2.31. The molecule has 0 aliphatic carbocycles. The Morgan fingerprint density at radius 2 is 1.40 bits per heavy atom. The first-order valence-electron chi connectivity index (χ1n) is 13.0. The molecule has 1 atom stereocenters. The van der Waals surface area contributed by atoms with Gasteiger partial charge in [-0.15, -0.1) is 5.10 Å². The molecule has 1 unspecified atom stereocenters. The number of piperidine rings is 1. The van der Waals surface area contributed by atoms with Crippen molar-refractivity contribution in [3.8, 4) is 0 Å².